The lowest BCUT2D eigenvalue weighted by atomic mass is 9.97. The Morgan fingerprint density at radius 3 is 2.32 bits per heavy atom. The Kier molecular flexibility index (Phi) is 8.27. The normalized spacial score (nSPS) is 17.1. The van der Waals surface area contributed by atoms with Crippen LogP contribution < -0.4 is 20.4 Å². The van der Waals surface area contributed by atoms with Crippen LogP contribution in [-0.2, 0) is 6.54 Å². The minimum atomic E-state index is -0.906. The highest BCUT2D eigenvalue weighted by molar-refractivity contribution is 6.05. The summed E-state index contributed by atoms with van der Waals surface area (Å²) in [4.78, 5) is 42.0. The lowest BCUT2D eigenvalue weighted by Gasteiger charge is -2.37. The zero-order chi connectivity index (χ0) is 32.7. The largest absolute Gasteiger partial charge is 0.341 e. The summed E-state index contributed by atoms with van der Waals surface area (Å²) in [6, 6.07) is 13.8. The molecule has 7 rings (SSSR count). The van der Waals surface area contributed by atoms with E-state index in [0.717, 1.165) is 48.5 Å². The van der Waals surface area contributed by atoms with Gasteiger partial charge in [-0.2, -0.15) is 4.98 Å². The number of carbonyl (C=O) groups excluding carboxylic acids is 2. The smallest absolute Gasteiger partial charge is 0.328 e. The number of nitrogens with one attached hydrogen (secondary N) is 2. The minimum Gasteiger partial charge on any atom is -0.341 e. The van der Waals surface area contributed by atoms with Gasteiger partial charge in [-0.1, -0.05) is 12.1 Å². The minimum absolute atomic E-state index is 0.0127. The zero-order valence-corrected chi connectivity index (χ0v) is 25.9. The lowest BCUT2D eigenvalue weighted by Crippen LogP contribution is -2.45. The summed E-state index contributed by atoms with van der Waals surface area (Å²) in [5.74, 6) is -2.21. The molecule has 2 N–H and O–H groups in total. The SMILES string of the molecule is Cc1ccc(C(=O)Nc2ccc(F)cc2)cc1-c1nc(N2CCC(N3CCCC3)CC2)nc2c1CNC(=O)N2c1c(F)cccc1F. The molecule has 242 valence electrons. The fraction of sp³-hybridized carbons (Fsp3) is 0.314. The number of hydrogen-bond donors (Lipinski definition) is 2. The van der Waals surface area contributed by atoms with Crippen molar-refractivity contribution in [2.24, 2.45) is 0 Å². The number of rotatable bonds is 6. The van der Waals surface area contributed by atoms with Gasteiger partial charge in [0, 0.05) is 41.5 Å². The number of fused-ring (bicyclic) bond motifs is 1. The van der Waals surface area contributed by atoms with Crippen LogP contribution in [0, 0.1) is 24.4 Å². The molecule has 3 aromatic carbocycles. The number of likely N-dealkylation sites (tertiary alicyclic amines) is 1. The molecular formula is C35H34F3N7O2. The number of aromatic nitrogens is 2. The molecule has 3 aliphatic rings. The van der Waals surface area contributed by atoms with Crippen LogP contribution in [0.1, 0.15) is 47.2 Å². The lowest BCUT2D eigenvalue weighted by molar-refractivity contribution is 0.102. The number of aryl methyl sites for hydroxylation is 1. The predicted octanol–water partition coefficient (Wildman–Crippen LogP) is 6.55. The third-order valence-corrected chi connectivity index (χ3v) is 9.23. The van der Waals surface area contributed by atoms with Gasteiger partial charge in [-0.25, -0.2) is 27.8 Å². The molecule has 2 saturated heterocycles. The van der Waals surface area contributed by atoms with Gasteiger partial charge in [0.15, 0.2) is 5.82 Å². The molecule has 3 aliphatic heterocycles. The Morgan fingerprint density at radius 2 is 1.62 bits per heavy atom. The second kappa shape index (κ2) is 12.7. The Bertz CT molecular complexity index is 1820. The van der Waals surface area contributed by atoms with Gasteiger partial charge in [0.1, 0.15) is 23.1 Å². The second-order valence-electron chi connectivity index (χ2n) is 12.2. The summed E-state index contributed by atoms with van der Waals surface area (Å²) >= 11 is 0. The molecule has 0 bridgehead atoms. The van der Waals surface area contributed by atoms with E-state index in [9.17, 15) is 14.0 Å². The Hall–Kier alpha value is -4.97. The molecule has 0 spiro atoms. The van der Waals surface area contributed by atoms with E-state index in [2.05, 4.69) is 20.4 Å². The van der Waals surface area contributed by atoms with Gasteiger partial charge in [0.25, 0.3) is 5.91 Å². The van der Waals surface area contributed by atoms with Crippen LogP contribution >= 0.6 is 0 Å². The highest BCUT2D eigenvalue weighted by Crippen LogP contribution is 2.40. The van der Waals surface area contributed by atoms with Crippen molar-refractivity contribution >= 4 is 35.1 Å². The maximum atomic E-state index is 15.2. The summed E-state index contributed by atoms with van der Waals surface area (Å²) in [7, 11) is 0. The van der Waals surface area contributed by atoms with Gasteiger partial charge >= 0.3 is 6.03 Å². The van der Waals surface area contributed by atoms with Crippen molar-refractivity contribution in [3.63, 3.8) is 0 Å². The molecular weight excluding hydrogens is 607 g/mol. The van der Waals surface area contributed by atoms with Crippen LogP contribution in [0.5, 0.6) is 0 Å². The number of anilines is 4. The van der Waals surface area contributed by atoms with E-state index in [1.54, 1.807) is 18.2 Å². The van der Waals surface area contributed by atoms with E-state index in [4.69, 9.17) is 9.97 Å². The van der Waals surface area contributed by atoms with Gasteiger partial charge in [-0.15, -0.1) is 0 Å². The highest BCUT2D eigenvalue weighted by atomic mass is 19.1. The molecule has 0 radical (unpaired) electrons. The first-order valence-corrected chi connectivity index (χ1v) is 15.9. The van der Waals surface area contributed by atoms with Crippen LogP contribution in [0.2, 0.25) is 0 Å². The van der Waals surface area contributed by atoms with Gasteiger partial charge in [0.05, 0.1) is 12.2 Å². The average molecular weight is 642 g/mol. The molecule has 2 fully saturated rings. The number of halogens is 3. The monoisotopic (exact) mass is 641 g/mol. The summed E-state index contributed by atoms with van der Waals surface area (Å²) in [6.07, 6.45) is 4.25. The summed E-state index contributed by atoms with van der Waals surface area (Å²) in [5, 5.41) is 5.51. The van der Waals surface area contributed by atoms with E-state index >= 15 is 8.78 Å². The summed E-state index contributed by atoms with van der Waals surface area (Å²) in [6.45, 7) is 5.46. The maximum Gasteiger partial charge on any atom is 0.328 e. The van der Waals surface area contributed by atoms with E-state index in [1.165, 1.54) is 43.2 Å². The molecule has 1 aromatic heterocycles. The van der Waals surface area contributed by atoms with E-state index in [0.29, 0.717) is 53.2 Å². The van der Waals surface area contributed by atoms with Crippen molar-refractivity contribution in [2.75, 3.05) is 41.3 Å². The van der Waals surface area contributed by atoms with Crippen LogP contribution in [-0.4, -0.2) is 59.0 Å². The van der Waals surface area contributed by atoms with Gasteiger partial charge in [-0.3, -0.25) is 4.79 Å². The van der Waals surface area contributed by atoms with Gasteiger partial charge < -0.3 is 20.4 Å². The van der Waals surface area contributed by atoms with Crippen LogP contribution in [0.15, 0.2) is 60.7 Å². The maximum absolute atomic E-state index is 15.2. The fourth-order valence-corrected chi connectivity index (χ4v) is 6.71. The number of urea groups is 1. The second-order valence-corrected chi connectivity index (χ2v) is 12.2. The van der Waals surface area contributed by atoms with Crippen LogP contribution in [0.3, 0.4) is 0 Å². The summed E-state index contributed by atoms with van der Waals surface area (Å²) in [5.41, 5.74) is 2.54. The van der Waals surface area contributed by atoms with Crippen molar-refractivity contribution in [3.8, 4) is 11.3 Å². The van der Waals surface area contributed by atoms with Crippen molar-refractivity contribution in [3.05, 3.63) is 94.8 Å². The summed E-state index contributed by atoms with van der Waals surface area (Å²) < 4.78 is 43.8. The first-order chi connectivity index (χ1) is 22.8. The van der Waals surface area contributed by atoms with Crippen molar-refractivity contribution in [1.82, 2.24) is 20.2 Å². The number of amides is 3. The predicted molar refractivity (Wildman–Crippen MR) is 173 cm³/mol. The quantitative estimate of drug-likeness (QED) is 0.248. The third kappa shape index (κ3) is 6.00. The third-order valence-electron chi connectivity index (χ3n) is 9.23. The zero-order valence-electron chi connectivity index (χ0n) is 25.9. The Labute approximate surface area is 270 Å². The van der Waals surface area contributed by atoms with Gasteiger partial charge in [-0.05, 0) is 99.8 Å². The van der Waals surface area contributed by atoms with Crippen molar-refractivity contribution < 1.29 is 22.8 Å². The molecule has 4 aromatic rings. The number of nitrogens with zero attached hydrogens (tertiary/aromatic N) is 5. The molecule has 4 heterocycles. The van der Waals surface area contributed by atoms with Crippen molar-refractivity contribution in [1.29, 1.82) is 0 Å². The average Bonchev–Trinajstić information content (AvgIpc) is 3.62. The first kappa shape index (κ1) is 30.7. The number of benzene rings is 3. The topological polar surface area (TPSA) is 93.7 Å². The number of hydrogen-bond acceptors (Lipinski definition) is 6. The van der Waals surface area contributed by atoms with Gasteiger partial charge in [0.2, 0.25) is 5.95 Å². The van der Waals surface area contributed by atoms with Crippen molar-refractivity contribution in [2.45, 2.75) is 45.2 Å². The number of para-hydroxylation sites is 1. The fourth-order valence-electron chi connectivity index (χ4n) is 6.71. The highest BCUT2D eigenvalue weighted by Gasteiger charge is 2.36. The van der Waals surface area contributed by atoms with Crippen LogP contribution in [0.25, 0.3) is 11.3 Å². The number of piperidine rings is 1. The van der Waals surface area contributed by atoms with E-state index in [1.807, 2.05) is 6.92 Å². The molecule has 47 heavy (non-hydrogen) atoms. The molecule has 0 aliphatic carbocycles. The molecule has 0 unspecified atom stereocenters. The molecule has 12 heteroatoms. The van der Waals surface area contributed by atoms with Crippen LogP contribution in [0.4, 0.5) is 41.1 Å². The molecule has 0 saturated carbocycles. The molecule has 3 amide bonds. The Morgan fingerprint density at radius 1 is 0.915 bits per heavy atom. The first-order valence-electron chi connectivity index (χ1n) is 15.9. The van der Waals surface area contributed by atoms with E-state index in [-0.39, 0.29) is 12.4 Å². The number of carbonyl (C=O) groups is 2. The molecule has 0 atom stereocenters. The standard InChI is InChI=1S/C35H34F3N7O2/c1-21-7-8-22(33(46)40-24-11-9-23(36)10-12-24)19-26(21)30-27-20-39-35(47)45(31-28(37)5-4-6-29(31)38)32(27)42-34(41-30)44-17-13-25(14-18-44)43-15-2-3-16-43/h4-12,19,25H,2-3,13-18,20H2,1H3,(H,39,47)(H,40,46). The van der Waals surface area contributed by atoms with E-state index < -0.39 is 35.1 Å². The molecule has 9 nitrogen and oxygen atoms in total. The Balaban J connectivity index is 1.32.